The molecule has 1 aliphatic carbocycles. The number of benzene rings is 1. The number of hydrogen-bond acceptors (Lipinski definition) is 5. The molecule has 142 valence electrons. The average molecular weight is 360 g/mol. The van der Waals surface area contributed by atoms with Crippen molar-refractivity contribution < 1.29 is 14.3 Å². The summed E-state index contributed by atoms with van der Waals surface area (Å²) in [5, 5.41) is 5.54. The Morgan fingerprint density at radius 3 is 2.35 bits per heavy atom. The van der Waals surface area contributed by atoms with Gasteiger partial charge in [0.15, 0.2) is 0 Å². The fourth-order valence-electron chi connectivity index (χ4n) is 3.17. The minimum absolute atomic E-state index is 0.0345. The van der Waals surface area contributed by atoms with Crippen molar-refractivity contribution in [2.24, 2.45) is 0 Å². The summed E-state index contributed by atoms with van der Waals surface area (Å²) in [5.74, 6) is -0.275. The zero-order chi connectivity index (χ0) is 18.5. The van der Waals surface area contributed by atoms with E-state index in [-0.39, 0.29) is 12.1 Å². The third-order valence-corrected chi connectivity index (χ3v) is 5.05. The number of nitrogens with one attached hydrogen (secondary N) is 2. The van der Waals surface area contributed by atoms with Crippen molar-refractivity contribution in [1.29, 1.82) is 0 Å². The molecule has 1 aromatic rings. The number of rotatable bonds is 6. The van der Waals surface area contributed by atoms with Crippen molar-refractivity contribution in [2.45, 2.75) is 24.9 Å². The minimum Gasteiger partial charge on any atom is -0.497 e. The first-order valence-electron chi connectivity index (χ1n) is 9.22. The Kier molecular flexibility index (Phi) is 6.11. The molecule has 1 aromatic carbocycles. The molecule has 2 aliphatic rings. The number of likely N-dealkylation sites (N-methyl/N-ethyl adjacent to an activating group) is 1. The van der Waals surface area contributed by atoms with Crippen molar-refractivity contribution in [1.82, 2.24) is 20.4 Å². The lowest BCUT2D eigenvalue weighted by Crippen LogP contribution is -2.49. The van der Waals surface area contributed by atoms with Gasteiger partial charge in [-0.3, -0.25) is 14.5 Å². The summed E-state index contributed by atoms with van der Waals surface area (Å²) in [4.78, 5) is 28.6. The highest BCUT2D eigenvalue weighted by atomic mass is 16.5. The van der Waals surface area contributed by atoms with E-state index in [0.717, 1.165) is 50.3 Å². The van der Waals surface area contributed by atoms with Crippen LogP contribution in [0.4, 0.5) is 0 Å². The summed E-state index contributed by atoms with van der Waals surface area (Å²) in [6.45, 7) is 4.24. The predicted molar refractivity (Wildman–Crippen MR) is 99.0 cm³/mol. The Hall–Kier alpha value is -2.12. The predicted octanol–water partition coefficient (Wildman–Crippen LogP) is 0.379. The van der Waals surface area contributed by atoms with Crippen LogP contribution in [-0.4, -0.2) is 74.5 Å². The molecule has 0 bridgehead atoms. The van der Waals surface area contributed by atoms with Gasteiger partial charge in [0.2, 0.25) is 0 Å². The Morgan fingerprint density at radius 2 is 1.77 bits per heavy atom. The average Bonchev–Trinajstić information content (AvgIpc) is 3.47. The summed E-state index contributed by atoms with van der Waals surface area (Å²) >= 11 is 0. The van der Waals surface area contributed by atoms with Crippen molar-refractivity contribution in [3.05, 3.63) is 29.8 Å². The molecule has 1 heterocycles. The van der Waals surface area contributed by atoms with Crippen LogP contribution in [0.25, 0.3) is 0 Å². The van der Waals surface area contributed by atoms with Crippen molar-refractivity contribution in [2.75, 3.05) is 46.9 Å². The van der Waals surface area contributed by atoms with Gasteiger partial charge in [0.1, 0.15) is 5.75 Å². The summed E-state index contributed by atoms with van der Waals surface area (Å²) < 4.78 is 5.24. The van der Waals surface area contributed by atoms with Gasteiger partial charge in [-0.05, 0) is 37.6 Å². The van der Waals surface area contributed by atoms with Gasteiger partial charge >= 0.3 is 11.8 Å². The molecule has 2 N–H and O–H groups in total. The van der Waals surface area contributed by atoms with Crippen LogP contribution in [0, 0.1) is 0 Å². The van der Waals surface area contributed by atoms with Gasteiger partial charge in [0.25, 0.3) is 0 Å². The van der Waals surface area contributed by atoms with Gasteiger partial charge < -0.3 is 20.3 Å². The lowest BCUT2D eigenvalue weighted by molar-refractivity contribution is -0.139. The second kappa shape index (κ2) is 8.51. The van der Waals surface area contributed by atoms with E-state index in [1.807, 2.05) is 24.3 Å². The standard InChI is InChI=1S/C19H28N4O3/c1-22-9-11-23(12-10-22)17(14-3-7-16(26-2)8-4-14)13-20-18(24)19(25)21-15-5-6-15/h3-4,7-8,15,17H,5-6,9-13H2,1-2H3,(H,20,24)(H,21,25). The normalized spacial score (nSPS) is 19.6. The molecular weight excluding hydrogens is 332 g/mol. The Bertz CT molecular complexity index is 622. The maximum Gasteiger partial charge on any atom is 0.309 e. The van der Waals surface area contributed by atoms with Crippen molar-refractivity contribution in [3.8, 4) is 5.75 Å². The smallest absolute Gasteiger partial charge is 0.309 e. The van der Waals surface area contributed by atoms with Gasteiger partial charge in [-0.2, -0.15) is 0 Å². The maximum atomic E-state index is 12.1. The summed E-state index contributed by atoms with van der Waals surface area (Å²) in [6.07, 6.45) is 1.93. The quantitative estimate of drug-likeness (QED) is 0.718. The van der Waals surface area contributed by atoms with Crippen LogP contribution in [0.2, 0.25) is 0 Å². The number of carbonyl (C=O) groups excluding carboxylic acids is 2. The van der Waals surface area contributed by atoms with Crippen LogP contribution in [-0.2, 0) is 9.59 Å². The molecule has 1 saturated carbocycles. The monoisotopic (exact) mass is 360 g/mol. The van der Waals surface area contributed by atoms with Crippen LogP contribution >= 0.6 is 0 Å². The molecule has 26 heavy (non-hydrogen) atoms. The number of piperazine rings is 1. The fraction of sp³-hybridized carbons (Fsp3) is 0.579. The number of methoxy groups -OCH3 is 1. The first-order valence-corrected chi connectivity index (χ1v) is 9.22. The molecule has 3 rings (SSSR count). The van der Waals surface area contributed by atoms with Gasteiger partial charge in [0, 0.05) is 38.8 Å². The maximum absolute atomic E-state index is 12.1. The molecular formula is C19H28N4O3. The molecule has 2 amide bonds. The lowest BCUT2D eigenvalue weighted by Gasteiger charge is -2.38. The summed E-state index contributed by atoms with van der Waals surface area (Å²) in [5.41, 5.74) is 1.11. The third kappa shape index (κ3) is 4.95. The molecule has 0 spiro atoms. The lowest BCUT2D eigenvalue weighted by atomic mass is 10.0. The van der Waals surface area contributed by atoms with Crippen LogP contribution in [0.5, 0.6) is 5.75 Å². The molecule has 7 heteroatoms. The zero-order valence-electron chi connectivity index (χ0n) is 15.5. The highest BCUT2D eigenvalue weighted by molar-refractivity contribution is 6.35. The first kappa shape index (κ1) is 18.7. The van der Waals surface area contributed by atoms with E-state index in [4.69, 9.17) is 4.74 Å². The van der Waals surface area contributed by atoms with E-state index in [0.29, 0.717) is 6.54 Å². The summed E-state index contributed by atoms with van der Waals surface area (Å²) in [6, 6.07) is 8.13. The van der Waals surface area contributed by atoms with E-state index >= 15 is 0 Å². The van der Waals surface area contributed by atoms with Crippen LogP contribution in [0.1, 0.15) is 24.4 Å². The molecule has 1 aliphatic heterocycles. The second-order valence-electron chi connectivity index (χ2n) is 7.09. The zero-order valence-corrected chi connectivity index (χ0v) is 15.5. The number of ether oxygens (including phenoxy) is 1. The molecule has 7 nitrogen and oxygen atoms in total. The topological polar surface area (TPSA) is 73.9 Å². The molecule has 1 saturated heterocycles. The first-order chi connectivity index (χ1) is 12.6. The van der Waals surface area contributed by atoms with E-state index < -0.39 is 11.8 Å². The van der Waals surface area contributed by atoms with Crippen molar-refractivity contribution >= 4 is 11.8 Å². The van der Waals surface area contributed by atoms with Gasteiger partial charge in [0.05, 0.1) is 13.2 Å². The molecule has 1 atom stereocenters. The van der Waals surface area contributed by atoms with Gasteiger partial charge in [-0.15, -0.1) is 0 Å². The molecule has 2 fully saturated rings. The largest absolute Gasteiger partial charge is 0.497 e. The fourth-order valence-corrected chi connectivity index (χ4v) is 3.17. The molecule has 1 unspecified atom stereocenters. The number of hydrogen-bond donors (Lipinski definition) is 2. The van der Waals surface area contributed by atoms with Crippen LogP contribution in [0.3, 0.4) is 0 Å². The Labute approximate surface area is 154 Å². The highest BCUT2D eigenvalue weighted by Crippen LogP contribution is 2.24. The molecule has 0 radical (unpaired) electrons. The second-order valence-corrected chi connectivity index (χ2v) is 7.09. The van der Waals surface area contributed by atoms with Gasteiger partial charge in [-0.1, -0.05) is 12.1 Å². The van der Waals surface area contributed by atoms with Crippen LogP contribution < -0.4 is 15.4 Å². The van der Waals surface area contributed by atoms with E-state index in [1.165, 1.54) is 0 Å². The van der Waals surface area contributed by atoms with Gasteiger partial charge in [-0.25, -0.2) is 0 Å². The van der Waals surface area contributed by atoms with E-state index in [2.05, 4.69) is 27.5 Å². The SMILES string of the molecule is COc1ccc(C(CNC(=O)C(=O)NC2CC2)N2CCN(C)CC2)cc1. The van der Waals surface area contributed by atoms with E-state index in [9.17, 15) is 9.59 Å². The summed E-state index contributed by atoms with van der Waals surface area (Å²) in [7, 11) is 3.76. The van der Waals surface area contributed by atoms with Crippen LogP contribution in [0.15, 0.2) is 24.3 Å². The van der Waals surface area contributed by atoms with Crippen molar-refractivity contribution in [3.63, 3.8) is 0 Å². The van der Waals surface area contributed by atoms with E-state index in [1.54, 1.807) is 7.11 Å². The molecule has 0 aromatic heterocycles. The Morgan fingerprint density at radius 1 is 1.12 bits per heavy atom. The minimum atomic E-state index is -0.551. The number of amides is 2. The number of nitrogens with zero attached hydrogens (tertiary/aromatic N) is 2. The number of carbonyl (C=O) groups is 2. The third-order valence-electron chi connectivity index (χ3n) is 5.05. The Balaban J connectivity index is 1.65. The highest BCUT2D eigenvalue weighted by Gasteiger charge is 2.28.